The molecule has 0 saturated heterocycles. The molecule has 0 aliphatic carbocycles. The minimum atomic E-state index is -1.06. The first-order valence-electron chi connectivity index (χ1n) is 10.2. The minimum Gasteiger partial charge on any atom is -0.490 e. The van der Waals surface area contributed by atoms with Gasteiger partial charge in [-0.05, 0) is 80.6 Å². The molecule has 0 aliphatic rings. The van der Waals surface area contributed by atoms with Crippen LogP contribution < -0.4 is 9.47 Å². The molecule has 0 aliphatic heterocycles. The molecular weight excluding hydrogens is 450 g/mol. The third-order valence-electron chi connectivity index (χ3n) is 4.41. The maximum atomic E-state index is 12.0. The molecule has 3 rings (SSSR count). The fourth-order valence-corrected chi connectivity index (χ4v) is 4.02. The summed E-state index contributed by atoms with van der Waals surface area (Å²) >= 11 is 7.03. The third kappa shape index (κ3) is 5.63. The van der Waals surface area contributed by atoms with E-state index in [0.29, 0.717) is 52.8 Å². The number of rotatable bonds is 10. The number of aromatic nitrogens is 3. The number of halogens is 1. The fraction of sp³-hybridized carbons (Fsp3) is 0.261. The van der Waals surface area contributed by atoms with Crippen molar-refractivity contribution in [3.63, 3.8) is 0 Å². The monoisotopic (exact) mass is 473 g/mol. The lowest BCUT2D eigenvalue weighted by atomic mass is 10.2. The molecule has 2 aromatic carbocycles. The van der Waals surface area contributed by atoms with Crippen molar-refractivity contribution >= 4 is 35.4 Å². The van der Waals surface area contributed by atoms with Gasteiger partial charge in [-0.1, -0.05) is 17.7 Å². The zero-order chi connectivity index (χ0) is 23.1. The number of ether oxygens (including phenoxy) is 2. The summed E-state index contributed by atoms with van der Waals surface area (Å²) in [6.45, 7) is 7.29. The van der Waals surface area contributed by atoms with Crippen LogP contribution in [0.3, 0.4) is 0 Å². The van der Waals surface area contributed by atoms with E-state index in [1.807, 2.05) is 37.5 Å². The molecule has 1 aromatic heterocycles. The van der Waals surface area contributed by atoms with Crippen LogP contribution in [0.15, 0.2) is 52.5 Å². The number of benzene rings is 2. The van der Waals surface area contributed by atoms with Crippen LogP contribution in [0.1, 0.15) is 26.3 Å². The van der Waals surface area contributed by atoms with Crippen LogP contribution in [0.4, 0.5) is 0 Å². The number of carboxylic acid groups (broad SMARTS) is 1. The van der Waals surface area contributed by atoms with Crippen LogP contribution in [0, 0.1) is 0 Å². The van der Waals surface area contributed by atoms with E-state index in [0.717, 1.165) is 17.3 Å². The maximum Gasteiger partial charge on any atom is 0.342 e. The average molecular weight is 474 g/mol. The Kier molecular flexibility index (Phi) is 8.19. The molecule has 0 radical (unpaired) electrons. The summed E-state index contributed by atoms with van der Waals surface area (Å²) in [4.78, 5) is 12.1. The molecule has 1 heterocycles. The molecule has 0 unspecified atom stereocenters. The highest BCUT2D eigenvalue weighted by Gasteiger charge is 2.18. The normalized spacial score (nSPS) is 11.4. The van der Waals surface area contributed by atoms with Crippen molar-refractivity contribution < 1.29 is 19.4 Å². The largest absolute Gasteiger partial charge is 0.490 e. The predicted molar refractivity (Wildman–Crippen MR) is 126 cm³/mol. The van der Waals surface area contributed by atoms with Crippen molar-refractivity contribution in [1.29, 1.82) is 0 Å². The maximum absolute atomic E-state index is 12.0. The summed E-state index contributed by atoms with van der Waals surface area (Å²) in [6, 6.07) is 12.6. The zero-order valence-electron chi connectivity index (χ0n) is 18.0. The van der Waals surface area contributed by atoms with Gasteiger partial charge in [0.1, 0.15) is 4.91 Å². The highest BCUT2D eigenvalue weighted by molar-refractivity contribution is 8.04. The molecule has 0 bridgehead atoms. The Hall–Kier alpha value is -2.97. The van der Waals surface area contributed by atoms with E-state index in [4.69, 9.17) is 21.1 Å². The molecule has 0 spiro atoms. The van der Waals surface area contributed by atoms with E-state index in [2.05, 4.69) is 10.2 Å². The Balaban J connectivity index is 1.94. The van der Waals surface area contributed by atoms with Gasteiger partial charge in [0.2, 0.25) is 0 Å². The number of nitrogens with zero attached hydrogens (tertiary/aromatic N) is 3. The van der Waals surface area contributed by atoms with Gasteiger partial charge in [0.25, 0.3) is 0 Å². The van der Waals surface area contributed by atoms with E-state index >= 15 is 0 Å². The lowest BCUT2D eigenvalue weighted by Crippen LogP contribution is -2.03. The van der Waals surface area contributed by atoms with Crippen LogP contribution in [-0.4, -0.2) is 39.1 Å². The first-order chi connectivity index (χ1) is 15.5. The first kappa shape index (κ1) is 23.7. The Morgan fingerprint density at radius 1 is 1.06 bits per heavy atom. The second kappa shape index (κ2) is 11.1. The van der Waals surface area contributed by atoms with Crippen molar-refractivity contribution in [3.8, 4) is 22.9 Å². The van der Waals surface area contributed by atoms with Gasteiger partial charge in [-0.25, -0.2) is 4.79 Å². The lowest BCUT2D eigenvalue weighted by molar-refractivity contribution is -0.131. The summed E-state index contributed by atoms with van der Waals surface area (Å²) in [7, 11) is 0. The molecule has 0 saturated carbocycles. The van der Waals surface area contributed by atoms with Crippen LogP contribution in [0.25, 0.3) is 17.5 Å². The number of carboxylic acids is 1. The number of hydrogen-bond acceptors (Lipinski definition) is 6. The molecule has 168 valence electrons. The van der Waals surface area contributed by atoms with E-state index in [9.17, 15) is 9.90 Å². The van der Waals surface area contributed by atoms with Gasteiger partial charge in [0, 0.05) is 17.1 Å². The Bertz CT molecular complexity index is 1110. The van der Waals surface area contributed by atoms with Crippen molar-refractivity contribution in [2.24, 2.45) is 0 Å². The van der Waals surface area contributed by atoms with Gasteiger partial charge in [0.05, 0.1) is 13.2 Å². The summed E-state index contributed by atoms with van der Waals surface area (Å²) in [5, 5.41) is 19.4. The topological polar surface area (TPSA) is 86.5 Å². The van der Waals surface area contributed by atoms with Crippen LogP contribution in [-0.2, 0) is 11.3 Å². The minimum absolute atomic E-state index is 0.112. The van der Waals surface area contributed by atoms with Crippen molar-refractivity contribution in [2.45, 2.75) is 32.5 Å². The first-order valence-corrected chi connectivity index (χ1v) is 11.4. The van der Waals surface area contributed by atoms with Gasteiger partial charge >= 0.3 is 5.97 Å². The molecule has 0 fully saturated rings. The summed E-state index contributed by atoms with van der Waals surface area (Å²) in [5.74, 6) is 0.783. The average Bonchev–Trinajstić information content (AvgIpc) is 3.18. The Morgan fingerprint density at radius 2 is 1.75 bits per heavy atom. The quantitative estimate of drug-likeness (QED) is 0.301. The van der Waals surface area contributed by atoms with E-state index in [-0.39, 0.29) is 4.91 Å². The number of thioether (sulfide) groups is 1. The van der Waals surface area contributed by atoms with Crippen LogP contribution in [0.2, 0.25) is 5.02 Å². The lowest BCUT2D eigenvalue weighted by Gasteiger charge is -2.12. The number of aliphatic carboxylic acids is 1. The van der Waals surface area contributed by atoms with Gasteiger partial charge in [0.15, 0.2) is 22.5 Å². The third-order valence-corrected chi connectivity index (χ3v) is 5.66. The molecule has 0 atom stereocenters. The fourth-order valence-electron chi connectivity index (χ4n) is 3.00. The van der Waals surface area contributed by atoms with Crippen molar-refractivity contribution in [2.75, 3.05) is 13.2 Å². The standard InChI is InChI=1S/C23H24ClN3O4S/c1-4-27-21(16-8-10-17(24)11-9-16)25-26-23(27)32-20(22(28)29)14-15-7-12-18(30-5-2)19(13-15)31-6-3/h7-14H,4-6H2,1-3H3,(H,28,29)/b20-14-. The van der Waals surface area contributed by atoms with E-state index < -0.39 is 5.97 Å². The van der Waals surface area contributed by atoms with E-state index in [1.54, 1.807) is 36.4 Å². The van der Waals surface area contributed by atoms with Gasteiger partial charge < -0.3 is 19.1 Å². The highest BCUT2D eigenvalue weighted by Crippen LogP contribution is 2.33. The highest BCUT2D eigenvalue weighted by atomic mass is 35.5. The molecular formula is C23H24ClN3O4S. The van der Waals surface area contributed by atoms with Gasteiger partial charge in [-0.15, -0.1) is 10.2 Å². The van der Waals surface area contributed by atoms with Crippen molar-refractivity contribution in [3.05, 3.63) is 58.0 Å². The molecule has 9 heteroatoms. The van der Waals surface area contributed by atoms with Crippen LogP contribution >= 0.6 is 23.4 Å². The second-order valence-electron chi connectivity index (χ2n) is 6.55. The van der Waals surface area contributed by atoms with Crippen molar-refractivity contribution in [1.82, 2.24) is 14.8 Å². The zero-order valence-corrected chi connectivity index (χ0v) is 19.6. The van der Waals surface area contributed by atoms with Gasteiger partial charge in [-0.2, -0.15) is 0 Å². The number of carbonyl (C=O) groups is 1. The number of hydrogen-bond donors (Lipinski definition) is 1. The van der Waals surface area contributed by atoms with Gasteiger partial charge in [-0.3, -0.25) is 0 Å². The summed E-state index contributed by atoms with van der Waals surface area (Å²) in [6.07, 6.45) is 1.59. The summed E-state index contributed by atoms with van der Waals surface area (Å²) in [5.41, 5.74) is 1.53. The Morgan fingerprint density at radius 3 is 2.38 bits per heavy atom. The smallest absolute Gasteiger partial charge is 0.342 e. The molecule has 7 nitrogen and oxygen atoms in total. The van der Waals surface area contributed by atoms with E-state index in [1.165, 1.54) is 0 Å². The second-order valence-corrected chi connectivity index (χ2v) is 7.99. The SMILES string of the molecule is CCOc1ccc(/C=C(\Sc2nnc(-c3ccc(Cl)cc3)n2CC)C(=O)O)cc1OCC. The molecule has 1 N–H and O–H groups in total. The predicted octanol–water partition coefficient (Wildman–Crippen LogP) is 5.63. The Labute approximate surface area is 196 Å². The van der Waals surface area contributed by atoms with Crippen LogP contribution in [0.5, 0.6) is 11.5 Å². The molecule has 0 amide bonds. The summed E-state index contributed by atoms with van der Waals surface area (Å²) < 4.78 is 13.1. The molecule has 3 aromatic rings. The molecule has 32 heavy (non-hydrogen) atoms.